The molecule has 0 spiro atoms. The monoisotopic (exact) mass is 267 g/mol. The van der Waals surface area contributed by atoms with Crippen LogP contribution in [0.25, 0.3) is 0 Å². The highest BCUT2D eigenvalue weighted by Gasteiger charge is 2.20. The van der Waals surface area contributed by atoms with Gasteiger partial charge in [0.25, 0.3) is 5.69 Å². The lowest BCUT2D eigenvalue weighted by Crippen LogP contribution is -2.33. The molecule has 0 saturated heterocycles. The molecule has 19 heavy (non-hydrogen) atoms. The Labute approximate surface area is 111 Å². The molecule has 0 fully saturated rings. The number of carbonyl (C=O) groups excluding carboxylic acids is 1. The summed E-state index contributed by atoms with van der Waals surface area (Å²) in [6.45, 7) is 1.55. The molecule has 104 valence electrons. The van der Waals surface area contributed by atoms with Gasteiger partial charge in [-0.3, -0.25) is 14.9 Å². The summed E-state index contributed by atoms with van der Waals surface area (Å²) >= 11 is 0. The van der Waals surface area contributed by atoms with E-state index in [0.717, 1.165) is 0 Å². The zero-order chi connectivity index (χ0) is 14.6. The fourth-order valence-electron chi connectivity index (χ4n) is 1.65. The topological polar surface area (TPSA) is 95.7 Å². The van der Waals surface area contributed by atoms with E-state index in [1.54, 1.807) is 13.1 Å². The van der Waals surface area contributed by atoms with Crippen molar-refractivity contribution in [1.29, 1.82) is 0 Å². The Bertz CT molecular complexity index is 488. The molecule has 1 unspecified atom stereocenters. The predicted octanol–water partition coefficient (Wildman–Crippen LogP) is 0.830. The fraction of sp³-hybridized carbons (Fsp3) is 0.417. The number of nitrogens with one attached hydrogen (secondary N) is 1. The van der Waals surface area contributed by atoms with Gasteiger partial charge in [0.2, 0.25) is 5.91 Å². The number of anilines is 1. The van der Waals surface area contributed by atoms with Crippen LogP contribution in [-0.2, 0) is 4.79 Å². The van der Waals surface area contributed by atoms with Crippen LogP contribution in [0, 0.1) is 10.1 Å². The number of nitro groups is 1. The average Bonchev–Trinajstić information content (AvgIpc) is 2.37. The van der Waals surface area contributed by atoms with E-state index in [1.165, 1.54) is 31.0 Å². The number of aliphatic hydroxyl groups is 1. The molecule has 0 aliphatic heterocycles. The van der Waals surface area contributed by atoms with Crippen molar-refractivity contribution in [3.8, 4) is 0 Å². The Balaban J connectivity index is 3.12. The highest BCUT2D eigenvalue weighted by atomic mass is 16.6. The van der Waals surface area contributed by atoms with Gasteiger partial charge in [0.1, 0.15) is 5.69 Å². The van der Waals surface area contributed by atoms with Crippen molar-refractivity contribution < 1.29 is 14.8 Å². The number of nitrogens with zero attached hydrogens (tertiary/aromatic N) is 2. The first-order valence-corrected chi connectivity index (χ1v) is 5.75. The SMILES string of the molecule is CNC(=O)CN(C)c1ccc(C(C)O)cc1[N+](=O)[O-]. The van der Waals surface area contributed by atoms with Crippen molar-refractivity contribution in [1.82, 2.24) is 5.32 Å². The molecule has 2 N–H and O–H groups in total. The minimum Gasteiger partial charge on any atom is -0.389 e. The van der Waals surface area contributed by atoms with Crippen LogP contribution in [0.5, 0.6) is 0 Å². The quantitative estimate of drug-likeness (QED) is 0.608. The number of hydrogen-bond acceptors (Lipinski definition) is 5. The second-order valence-corrected chi connectivity index (χ2v) is 4.21. The van der Waals surface area contributed by atoms with Crippen LogP contribution in [0.3, 0.4) is 0 Å². The smallest absolute Gasteiger partial charge is 0.292 e. The van der Waals surface area contributed by atoms with Gasteiger partial charge in [0.15, 0.2) is 0 Å². The number of amides is 1. The number of aliphatic hydroxyl groups excluding tert-OH is 1. The van der Waals surface area contributed by atoms with Gasteiger partial charge in [-0.15, -0.1) is 0 Å². The Kier molecular flexibility index (Phi) is 4.82. The molecule has 7 heteroatoms. The molecule has 0 heterocycles. The standard InChI is InChI=1S/C12H17N3O4/c1-8(16)9-4-5-10(11(6-9)15(18)19)14(3)7-12(17)13-2/h4-6,8,16H,7H2,1-3H3,(H,13,17). The molecule has 0 aliphatic rings. The minimum absolute atomic E-state index is 0.0192. The zero-order valence-corrected chi connectivity index (χ0v) is 11.1. The molecule has 0 saturated carbocycles. The van der Waals surface area contributed by atoms with Gasteiger partial charge in [-0.1, -0.05) is 6.07 Å². The third kappa shape index (κ3) is 3.65. The van der Waals surface area contributed by atoms with Crippen LogP contribution >= 0.6 is 0 Å². The van der Waals surface area contributed by atoms with Crippen molar-refractivity contribution in [2.24, 2.45) is 0 Å². The summed E-state index contributed by atoms with van der Waals surface area (Å²) in [6.07, 6.45) is -0.781. The summed E-state index contributed by atoms with van der Waals surface area (Å²) in [5.74, 6) is -0.239. The van der Waals surface area contributed by atoms with Crippen LogP contribution in [0.1, 0.15) is 18.6 Å². The van der Waals surface area contributed by atoms with Gasteiger partial charge in [-0.05, 0) is 18.6 Å². The molecular weight excluding hydrogens is 250 g/mol. The second-order valence-electron chi connectivity index (χ2n) is 4.21. The molecule has 0 aromatic heterocycles. The number of benzene rings is 1. The minimum atomic E-state index is -0.781. The van der Waals surface area contributed by atoms with Crippen LogP contribution in [0.4, 0.5) is 11.4 Å². The summed E-state index contributed by atoms with van der Waals surface area (Å²) in [6, 6.07) is 4.46. The lowest BCUT2D eigenvalue weighted by molar-refractivity contribution is -0.384. The maximum atomic E-state index is 11.3. The summed E-state index contributed by atoms with van der Waals surface area (Å²) < 4.78 is 0. The Morgan fingerprint density at radius 2 is 2.21 bits per heavy atom. The number of likely N-dealkylation sites (N-methyl/N-ethyl adjacent to an activating group) is 2. The largest absolute Gasteiger partial charge is 0.389 e. The van der Waals surface area contributed by atoms with Crippen molar-refractivity contribution in [2.45, 2.75) is 13.0 Å². The summed E-state index contributed by atoms with van der Waals surface area (Å²) in [5.41, 5.74) is 0.659. The van der Waals surface area contributed by atoms with E-state index in [1.807, 2.05) is 0 Å². The number of hydrogen-bond donors (Lipinski definition) is 2. The molecule has 1 atom stereocenters. The van der Waals surface area contributed by atoms with E-state index in [4.69, 9.17) is 0 Å². The molecule has 1 amide bonds. The molecule has 0 bridgehead atoms. The molecular formula is C12H17N3O4. The number of carbonyl (C=O) groups is 1. The normalized spacial score (nSPS) is 11.8. The highest BCUT2D eigenvalue weighted by molar-refractivity contribution is 5.82. The third-order valence-electron chi connectivity index (χ3n) is 2.75. The van der Waals surface area contributed by atoms with E-state index < -0.39 is 11.0 Å². The van der Waals surface area contributed by atoms with Gasteiger partial charge < -0.3 is 15.3 Å². The summed E-state index contributed by atoms with van der Waals surface area (Å²) in [4.78, 5) is 23.3. The summed E-state index contributed by atoms with van der Waals surface area (Å²) in [7, 11) is 3.10. The molecule has 0 radical (unpaired) electrons. The lowest BCUT2D eigenvalue weighted by Gasteiger charge is -2.18. The van der Waals surface area contributed by atoms with Crippen LogP contribution in [0.2, 0.25) is 0 Å². The third-order valence-corrected chi connectivity index (χ3v) is 2.75. The van der Waals surface area contributed by atoms with Gasteiger partial charge in [0.05, 0.1) is 17.6 Å². The predicted molar refractivity (Wildman–Crippen MR) is 71.1 cm³/mol. The van der Waals surface area contributed by atoms with Crippen LogP contribution in [0.15, 0.2) is 18.2 Å². The molecule has 1 rings (SSSR count). The molecule has 1 aromatic carbocycles. The maximum Gasteiger partial charge on any atom is 0.292 e. The van der Waals surface area contributed by atoms with Crippen molar-refractivity contribution >= 4 is 17.3 Å². The van der Waals surface area contributed by atoms with Gasteiger partial charge in [0, 0.05) is 20.2 Å². The van der Waals surface area contributed by atoms with E-state index in [2.05, 4.69) is 5.32 Å². The second kappa shape index (κ2) is 6.14. The first-order chi connectivity index (χ1) is 8.86. The Morgan fingerprint density at radius 1 is 1.58 bits per heavy atom. The fourth-order valence-corrected chi connectivity index (χ4v) is 1.65. The molecule has 0 aliphatic carbocycles. The highest BCUT2D eigenvalue weighted by Crippen LogP contribution is 2.30. The van der Waals surface area contributed by atoms with Crippen molar-refractivity contribution in [3.05, 3.63) is 33.9 Å². The van der Waals surface area contributed by atoms with Gasteiger partial charge in [-0.25, -0.2) is 0 Å². The van der Waals surface area contributed by atoms with E-state index in [9.17, 15) is 20.0 Å². The first kappa shape index (κ1) is 14.9. The molecule has 7 nitrogen and oxygen atoms in total. The van der Waals surface area contributed by atoms with Gasteiger partial charge in [-0.2, -0.15) is 0 Å². The molecule has 1 aromatic rings. The average molecular weight is 267 g/mol. The number of rotatable bonds is 5. The van der Waals surface area contributed by atoms with E-state index in [-0.39, 0.29) is 18.1 Å². The van der Waals surface area contributed by atoms with Crippen molar-refractivity contribution in [3.63, 3.8) is 0 Å². The van der Waals surface area contributed by atoms with Crippen LogP contribution < -0.4 is 10.2 Å². The lowest BCUT2D eigenvalue weighted by atomic mass is 10.1. The van der Waals surface area contributed by atoms with Crippen molar-refractivity contribution in [2.75, 3.05) is 25.5 Å². The summed E-state index contributed by atoms with van der Waals surface area (Å²) in [5, 5.41) is 22.9. The Hall–Kier alpha value is -2.15. The van der Waals surface area contributed by atoms with E-state index in [0.29, 0.717) is 11.3 Å². The maximum absolute atomic E-state index is 11.3. The first-order valence-electron chi connectivity index (χ1n) is 5.75. The van der Waals surface area contributed by atoms with E-state index >= 15 is 0 Å². The Morgan fingerprint density at radius 3 is 2.68 bits per heavy atom. The van der Waals surface area contributed by atoms with Crippen LogP contribution in [-0.4, -0.2) is 36.6 Å². The zero-order valence-electron chi connectivity index (χ0n) is 11.1. The van der Waals surface area contributed by atoms with Gasteiger partial charge >= 0.3 is 0 Å². The number of nitro benzene ring substituents is 1.